The summed E-state index contributed by atoms with van der Waals surface area (Å²) >= 11 is 0. The highest BCUT2D eigenvalue weighted by atomic mass is 16.5. The Morgan fingerprint density at radius 3 is 2.54 bits per heavy atom. The third kappa shape index (κ3) is 4.31. The second-order valence-corrected chi connectivity index (χ2v) is 8.50. The van der Waals surface area contributed by atoms with Gasteiger partial charge in [0, 0.05) is 62.3 Å². The zero-order valence-corrected chi connectivity index (χ0v) is 19.5. The molecule has 5 heterocycles. The van der Waals surface area contributed by atoms with Crippen LogP contribution < -0.4 is 5.73 Å². The largest absolute Gasteiger partial charge is 0.383 e. The molecule has 4 aromatic heterocycles. The van der Waals surface area contributed by atoms with Gasteiger partial charge in [-0.05, 0) is 35.9 Å². The van der Waals surface area contributed by atoms with Gasteiger partial charge >= 0.3 is 0 Å². The Labute approximate surface area is 201 Å². The van der Waals surface area contributed by atoms with Crippen molar-refractivity contribution in [1.29, 1.82) is 0 Å². The predicted molar refractivity (Wildman–Crippen MR) is 132 cm³/mol. The quantitative estimate of drug-likeness (QED) is 0.467. The normalized spacial score (nSPS) is 13.7. The highest BCUT2D eigenvalue weighted by Crippen LogP contribution is 2.32. The first-order valence-corrected chi connectivity index (χ1v) is 11.2. The summed E-state index contributed by atoms with van der Waals surface area (Å²) in [4.78, 5) is 44.8. The molecule has 2 amide bonds. The van der Waals surface area contributed by atoms with Gasteiger partial charge in [-0.3, -0.25) is 14.6 Å². The van der Waals surface area contributed by atoms with Gasteiger partial charge in [-0.15, -0.1) is 0 Å². The van der Waals surface area contributed by atoms with Gasteiger partial charge in [-0.25, -0.2) is 9.97 Å². The molecule has 1 aliphatic heterocycles. The lowest BCUT2D eigenvalue weighted by Crippen LogP contribution is -2.40. The van der Waals surface area contributed by atoms with E-state index in [0.29, 0.717) is 60.3 Å². The van der Waals surface area contributed by atoms with Crippen molar-refractivity contribution >= 4 is 28.7 Å². The molecule has 0 aromatic carbocycles. The highest BCUT2D eigenvalue weighted by Gasteiger charge is 2.21. The Kier molecular flexibility index (Phi) is 5.87. The first-order valence-electron chi connectivity index (χ1n) is 11.2. The molecule has 0 aliphatic carbocycles. The lowest BCUT2D eigenvalue weighted by atomic mass is 10.0. The predicted octanol–water partition coefficient (Wildman–Crippen LogP) is 2.44. The van der Waals surface area contributed by atoms with Gasteiger partial charge in [-0.1, -0.05) is 0 Å². The molecule has 0 saturated carbocycles. The van der Waals surface area contributed by atoms with E-state index in [1.165, 1.54) is 11.1 Å². The van der Waals surface area contributed by atoms with Crippen LogP contribution >= 0.6 is 0 Å². The van der Waals surface area contributed by atoms with Crippen molar-refractivity contribution in [2.75, 3.05) is 46.1 Å². The zero-order valence-electron chi connectivity index (χ0n) is 19.5. The highest BCUT2D eigenvalue weighted by molar-refractivity contribution is 6.02. The third-order valence-electron chi connectivity index (χ3n) is 5.98. The number of fused-ring (bicyclic) bond motifs is 1. The van der Waals surface area contributed by atoms with E-state index in [4.69, 9.17) is 10.5 Å². The van der Waals surface area contributed by atoms with Gasteiger partial charge in [0.2, 0.25) is 0 Å². The zero-order chi connectivity index (χ0) is 24.5. The molecule has 0 spiro atoms. The number of anilines is 1. The molecule has 0 radical (unpaired) electrons. The molecular formula is C25H25N7O3. The molecule has 5 rings (SSSR count). The SMILES string of the molecule is CN(C)C(=O)c1ccc(-c2cc(-c3ccnc4[nH]c(C(=O)N5CCOCC5)cc34)cnc2N)nc1. The topological polar surface area (TPSA) is 130 Å². The summed E-state index contributed by atoms with van der Waals surface area (Å²) in [6.45, 7) is 2.19. The number of aromatic amines is 1. The Bertz CT molecular complexity index is 1410. The number of H-pyrrole nitrogens is 1. The van der Waals surface area contributed by atoms with Crippen LogP contribution in [0.2, 0.25) is 0 Å². The summed E-state index contributed by atoms with van der Waals surface area (Å²) in [7, 11) is 3.38. The van der Waals surface area contributed by atoms with Gasteiger partial charge < -0.3 is 25.3 Å². The van der Waals surface area contributed by atoms with Gasteiger partial charge in [0.05, 0.1) is 24.5 Å². The average molecular weight is 472 g/mol. The van der Waals surface area contributed by atoms with Crippen LogP contribution in [0.1, 0.15) is 20.8 Å². The van der Waals surface area contributed by atoms with Crippen molar-refractivity contribution in [1.82, 2.24) is 29.7 Å². The fraction of sp³-hybridized carbons (Fsp3) is 0.240. The monoisotopic (exact) mass is 471 g/mol. The van der Waals surface area contributed by atoms with E-state index < -0.39 is 0 Å². The molecule has 10 nitrogen and oxygen atoms in total. The second kappa shape index (κ2) is 9.15. The van der Waals surface area contributed by atoms with E-state index in [-0.39, 0.29) is 11.8 Å². The van der Waals surface area contributed by atoms with Crippen LogP contribution in [0.25, 0.3) is 33.4 Å². The molecular weight excluding hydrogens is 446 g/mol. The van der Waals surface area contributed by atoms with Crippen molar-refractivity contribution in [2.45, 2.75) is 0 Å². The number of ether oxygens (including phenoxy) is 1. The molecule has 1 fully saturated rings. The van der Waals surface area contributed by atoms with E-state index in [1.807, 2.05) is 18.2 Å². The number of nitrogens with zero attached hydrogens (tertiary/aromatic N) is 5. The summed E-state index contributed by atoms with van der Waals surface area (Å²) in [5, 5.41) is 0.807. The summed E-state index contributed by atoms with van der Waals surface area (Å²) in [5.74, 6) is 0.124. The molecule has 1 aliphatic rings. The number of carbonyl (C=O) groups is 2. The van der Waals surface area contributed by atoms with Crippen molar-refractivity contribution in [2.24, 2.45) is 0 Å². The number of hydrogen-bond donors (Lipinski definition) is 2. The Morgan fingerprint density at radius 2 is 1.83 bits per heavy atom. The van der Waals surface area contributed by atoms with E-state index in [2.05, 4.69) is 19.9 Å². The molecule has 3 N–H and O–H groups in total. The Hall–Kier alpha value is -4.31. The molecule has 178 valence electrons. The minimum atomic E-state index is -0.127. The number of amides is 2. The van der Waals surface area contributed by atoms with Crippen LogP contribution in [-0.4, -0.2) is 81.9 Å². The molecule has 35 heavy (non-hydrogen) atoms. The van der Waals surface area contributed by atoms with Crippen LogP contribution in [0, 0.1) is 0 Å². The number of aromatic nitrogens is 4. The number of rotatable bonds is 4. The first-order chi connectivity index (χ1) is 16.9. The molecule has 1 saturated heterocycles. The van der Waals surface area contributed by atoms with Crippen LogP contribution in [0.5, 0.6) is 0 Å². The number of pyridine rings is 3. The Balaban J connectivity index is 1.51. The summed E-state index contributed by atoms with van der Waals surface area (Å²) in [5.41, 5.74) is 10.7. The van der Waals surface area contributed by atoms with Crippen LogP contribution in [0.15, 0.2) is 48.9 Å². The maximum absolute atomic E-state index is 13.0. The van der Waals surface area contributed by atoms with Crippen LogP contribution in [0.3, 0.4) is 0 Å². The fourth-order valence-corrected chi connectivity index (χ4v) is 4.10. The molecule has 10 heteroatoms. The van der Waals surface area contributed by atoms with Crippen LogP contribution in [-0.2, 0) is 4.74 Å². The minimum absolute atomic E-state index is 0.0788. The average Bonchev–Trinajstić information content (AvgIpc) is 3.33. The fourth-order valence-electron chi connectivity index (χ4n) is 4.10. The number of morpholine rings is 1. The first kappa shape index (κ1) is 22.5. The van der Waals surface area contributed by atoms with Crippen LogP contribution in [0.4, 0.5) is 5.82 Å². The molecule has 0 bridgehead atoms. The number of nitrogens with two attached hydrogens (primary N) is 1. The molecule has 4 aromatic rings. The summed E-state index contributed by atoms with van der Waals surface area (Å²) in [6.07, 6.45) is 4.91. The van der Waals surface area contributed by atoms with Gasteiger partial charge in [0.1, 0.15) is 17.2 Å². The van der Waals surface area contributed by atoms with Crippen molar-refractivity contribution in [3.05, 3.63) is 60.2 Å². The maximum atomic E-state index is 13.0. The lowest BCUT2D eigenvalue weighted by Gasteiger charge is -2.26. The lowest BCUT2D eigenvalue weighted by molar-refractivity contribution is 0.0299. The smallest absolute Gasteiger partial charge is 0.270 e. The van der Waals surface area contributed by atoms with E-state index >= 15 is 0 Å². The van der Waals surface area contributed by atoms with Gasteiger partial charge in [0.15, 0.2) is 0 Å². The molecule has 0 unspecified atom stereocenters. The second-order valence-electron chi connectivity index (χ2n) is 8.50. The van der Waals surface area contributed by atoms with Gasteiger partial charge in [-0.2, -0.15) is 0 Å². The van der Waals surface area contributed by atoms with Crippen molar-refractivity contribution in [3.8, 4) is 22.4 Å². The standard InChI is InChI=1S/C25H25N7O3/c1-31(2)24(33)15-3-4-20(28-13-15)19-11-16(14-29-22(19)26)17-5-6-27-23-18(17)12-21(30-23)25(34)32-7-9-35-10-8-32/h3-6,11-14H,7-10H2,1-2H3,(H2,26,29)(H,27,30). The third-order valence-corrected chi connectivity index (χ3v) is 5.98. The number of carbonyl (C=O) groups excluding carboxylic acids is 2. The van der Waals surface area contributed by atoms with Crippen molar-refractivity contribution in [3.63, 3.8) is 0 Å². The number of hydrogen-bond acceptors (Lipinski definition) is 7. The number of nitrogens with one attached hydrogen (secondary N) is 1. The molecule has 0 atom stereocenters. The number of nitrogen functional groups attached to an aromatic ring is 1. The minimum Gasteiger partial charge on any atom is -0.383 e. The Morgan fingerprint density at radius 1 is 1.03 bits per heavy atom. The maximum Gasteiger partial charge on any atom is 0.270 e. The van der Waals surface area contributed by atoms with E-state index in [1.54, 1.807) is 43.5 Å². The summed E-state index contributed by atoms with van der Waals surface area (Å²) < 4.78 is 5.35. The van der Waals surface area contributed by atoms with Crippen molar-refractivity contribution < 1.29 is 14.3 Å². The van der Waals surface area contributed by atoms with E-state index in [0.717, 1.165) is 16.5 Å². The van der Waals surface area contributed by atoms with E-state index in [9.17, 15) is 9.59 Å². The van der Waals surface area contributed by atoms with Gasteiger partial charge in [0.25, 0.3) is 11.8 Å². The summed E-state index contributed by atoms with van der Waals surface area (Å²) in [6, 6.07) is 9.08.